The summed E-state index contributed by atoms with van der Waals surface area (Å²) in [6.45, 7) is 0. The van der Waals surface area contributed by atoms with E-state index in [1.807, 2.05) is 41.3 Å². The van der Waals surface area contributed by atoms with Crippen molar-refractivity contribution < 1.29 is 4.39 Å². The van der Waals surface area contributed by atoms with E-state index in [9.17, 15) is 9.18 Å². The molecule has 154 valence electrons. The number of halogens is 1. The summed E-state index contributed by atoms with van der Waals surface area (Å²) in [7, 11) is 1.91. The van der Waals surface area contributed by atoms with Crippen molar-refractivity contribution in [2.45, 2.75) is 10.9 Å². The Hall–Kier alpha value is -3.30. The third kappa shape index (κ3) is 3.66. The Kier molecular flexibility index (Phi) is 5.13. The molecule has 9 heteroatoms. The van der Waals surface area contributed by atoms with E-state index in [0.29, 0.717) is 28.2 Å². The van der Waals surface area contributed by atoms with Crippen molar-refractivity contribution in [3.8, 4) is 16.4 Å². The summed E-state index contributed by atoms with van der Waals surface area (Å²) in [5, 5.41) is 11.8. The Morgan fingerprint density at radius 2 is 1.84 bits per heavy atom. The maximum absolute atomic E-state index is 13.5. The molecule has 6 nitrogen and oxygen atoms in total. The zero-order chi connectivity index (χ0) is 21.4. The van der Waals surface area contributed by atoms with Gasteiger partial charge in [-0.05, 0) is 47.8 Å². The highest BCUT2D eigenvalue weighted by molar-refractivity contribution is 7.98. The monoisotopic (exact) mass is 449 g/mol. The van der Waals surface area contributed by atoms with Crippen LogP contribution in [0.1, 0.15) is 5.82 Å². The van der Waals surface area contributed by atoms with Gasteiger partial charge in [-0.15, -0.1) is 21.5 Å². The van der Waals surface area contributed by atoms with Gasteiger partial charge in [0.2, 0.25) is 0 Å². The lowest BCUT2D eigenvalue weighted by Gasteiger charge is -2.13. The van der Waals surface area contributed by atoms with Crippen LogP contribution in [-0.4, -0.2) is 24.3 Å². The van der Waals surface area contributed by atoms with Crippen molar-refractivity contribution in [2.24, 2.45) is 7.05 Å². The molecule has 5 rings (SSSR count). The fourth-order valence-corrected chi connectivity index (χ4v) is 4.90. The van der Waals surface area contributed by atoms with Gasteiger partial charge in [-0.3, -0.25) is 9.36 Å². The summed E-state index contributed by atoms with van der Waals surface area (Å²) in [6.07, 6.45) is 0. The molecule has 5 aromatic rings. The molecule has 0 aliphatic rings. The van der Waals surface area contributed by atoms with Crippen LogP contribution in [-0.2, 0) is 12.8 Å². The number of para-hydroxylation sites is 1. The van der Waals surface area contributed by atoms with Crippen LogP contribution in [0.15, 0.2) is 76.0 Å². The Balaban J connectivity index is 1.56. The SMILES string of the molecule is Cn1c(SCc2nc3ccccc3c(=O)n2-c2ccc(F)cc2)nnc1-c1cccs1. The normalized spacial score (nSPS) is 11.3. The fourth-order valence-electron chi connectivity index (χ4n) is 3.32. The molecular weight excluding hydrogens is 433 g/mol. The molecule has 0 aliphatic heterocycles. The molecular formula is C22H16FN5OS2. The molecule has 2 aromatic carbocycles. The molecule has 3 heterocycles. The highest BCUT2D eigenvalue weighted by atomic mass is 32.2. The average molecular weight is 450 g/mol. The van der Waals surface area contributed by atoms with Crippen LogP contribution < -0.4 is 5.56 Å². The third-order valence-electron chi connectivity index (χ3n) is 4.84. The molecule has 0 fully saturated rings. The minimum Gasteiger partial charge on any atom is -0.304 e. The van der Waals surface area contributed by atoms with Gasteiger partial charge in [0.05, 0.1) is 27.2 Å². The molecule has 0 saturated heterocycles. The minimum absolute atomic E-state index is 0.190. The molecule has 0 N–H and O–H groups in total. The van der Waals surface area contributed by atoms with Crippen LogP contribution >= 0.6 is 23.1 Å². The molecule has 0 unspecified atom stereocenters. The van der Waals surface area contributed by atoms with Crippen LogP contribution in [0, 0.1) is 5.82 Å². The smallest absolute Gasteiger partial charge is 0.265 e. The predicted molar refractivity (Wildman–Crippen MR) is 121 cm³/mol. The van der Waals surface area contributed by atoms with Gasteiger partial charge in [0, 0.05) is 7.05 Å². The Morgan fingerprint density at radius 3 is 2.61 bits per heavy atom. The summed E-state index contributed by atoms with van der Waals surface area (Å²) in [5.41, 5.74) is 1.00. The van der Waals surface area contributed by atoms with Crippen LogP contribution in [0.25, 0.3) is 27.3 Å². The van der Waals surface area contributed by atoms with Crippen LogP contribution in [0.4, 0.5) is 4.39 Å². The molecule has 0 radical (unpaired) electrons. The predicted octanol–water partition coefficient (Wildman–Crippen LogP) is 4.67. The standard InChI is InChI=1S/C22H16FN5OS2/c1-27-20(18-7-4-12-30-18)25-26-22(27)31-13-19-24-17-6-3-2-5-16(17)21(29)28(19)15-10-8-14(23)9-11-15/h2-12H,13H2,1H3. The van der Waals surface area contributed by atoms with E-state index in [1.54, 1.807) is 35.6 Å². The van der Waals surface area contributed by atoms with Crippen LogP contribution in [0.3, 0.4) is 0 Å². The second-order valence-corrected chi connectivity index (χ2v) is 8.68. The number of hydrogen-bond donors (Lipinski definition) is 0. The number of thioether (sulfide) groups is 1. The van der Waals surface area contributed by atoms with E-state index in [1.165, 1.54) is 28.5 Å². The van der Waals surface area contributed by atoms with E-state index in [2.05, 4.69) is 10.2 Å². The zero-order valence-electron chi connectivity index (χ0n) is 16.4. The molecule has 3 aromatic heterocycles. The van der Waals surface area contributed by atoms with E-state index >= 15 is 0 Å². The van der Waals surface area contributed by atoms with E-state index in [-0.39, 0.29) is 11.4 Å². The summed E-state index contributed by atoms with van der Waals surface area (Å²) in [6, 6.07) is 17.0. The number of aromatic nitrogens is 5. The van der Waals surface area contributed by atoms with E-state index in [4.69, 9.17) is 4.98 Å². The Bertz CT molecular complexity index is 1430. The van der Waals surface area contributed by atoms with Crippen molar-refractivity contribution in [3.05, 3.63) is 88.0 Å². The zero-order valence-corrected chi connectivity index (χ0v) is 18.0. The van der Waals surface area contributed by atoms with Gasteiger partial charge >= 0.3 is 0 Å². The number of nitrogens with zero attached hydrogens (tertiary/aromatic N) is 5. The largest absolute Gasteiger partial charge is 0.304 e. The molecule has 31 heavy (non-hydrogen) atoms. The lowest BCUT2D eigenvalue weighted by molar-refractivity contribution is 0.627. The minimum atomic E-state index is -0.360. The maximum atomic E-state index is 13.5. The van der Waals surface area contributed by atoms with E-state index < -0.39 is 0 Å². The first-order chi connectivity index (χ1) is 15.1. The average Bonchev–Trinajstić information content (AvgIpc) is 3.43. The fraction of sp³-hybridized carbons (Fsp3) is 0.0909. The maximum Gasteiger partial charge on any atom is 0.265 e. The number of thiophene rings is 1. The number of benzene rings is 2. The number of hydrogen-bond acceptors (Lipinski definition) is 6. The van der Waals surface area contributed by atoms with Gasteiger partial charge < -0.3 is 4.57 Å². The Morgan fingerprint density at radius 1 is 1.03 bits per heavy atom. The molecule has 0 aliphatic carbocycles. The van der Waals surface area contributed by atoms with Crippen molar-refractivity contribution in [2.75, 3.05) is 0 Å². The summed E-state index contributed by atoms with van der Waals surface area (Å²) < 4.78 is 16.9. The highest BCUT2D eigenvalue weighted by Crippen LogP contribution is 2.28. The quantitative estimate of drug-likeness (QED) is 0.365. The number of rotatable bonds is 5. The molecule has 0 amide bonds. The summed E-state index contributed by atoms with van der Waals surface area (Å²) in [5.74, 6) is 1.39. The van der Waals surface area contributed by atoms with Crippen LogP contribution in [0.2, 0.25) is 0 Å². The Labute approximate surface area is 185 Å². The topological polar surface area (TPSA) is 65.6 Å². The highest BCUT2D eigenvalue weighted by Gasteiger charge is 2.16. The number of fused-ring (bicyclic) bond motifs is 1. The molecule has 0 saturated carbocycles. The van der Waals surface area contributed by atoms with Gasteiger partial charge in [-0.1, -0.05) is 30.0 Å². The molecule has 0 atom stereocenters. The van der Waals surface area contributed by atoms with Crippen molar-refractivity contribution in [1.29, 1.82) is 0 Å². The van der Waals surface area contributed by atoms with Crippen molar-refractivity contribution in [3.63, 3.8) is 0 Å². The summed E-state index contributed by atoms with van der Waals surface area (Å²) >= 11 is 3.05. The first-order valence-electron chi connectivity index (χ1n) is 9.44. The second-order valence-electron chi connectivity index (χ2n) is 6.79. The first kappa shape index (κ1) is 19.7. The third-order valence-corrected chi connectivity index (χ3v) is 6.72. The van der Waals surface area contributed by atoms with Crippen LogP contribution in [0.5, 0.6) is 0 Å². The lowest BCUT2D eigenvalue weighted by Crippen LogP contribution is -2.23. The second kappa shape index (κ2) is 8.09. The van der Waals surface area contributed by atoms with Gasteiger partial charge in [0.1, 0.15) is 11.6 Å². The lowest BCUT2D eigenvalue weighted by atomic mass is 10.2. The van der Waals surface area contributed by atoms with Gasteiger partial charge in [-0.25, -0.2) is 9.37 Å². The first-order valence-corrected chi connectivity index (χ1v) is 11.3. The van der Waals surface area contributed by atoms with Gasteiger partial charge in [0.25, 0.3) is 5.56 Å². The summed E-state index contributed by atoms with van der Waals surface area (Å²) in [4.78, 5) is 19.0. The van der Waals surface area contributed by atoms with Gasteiger partial charge in [0.15, 0.2) is 11.0 Å². The molecule has 0 spiro atoms. The van der Waals surface area contributed by atoms with Gasteiger partial charge in [-0.2, -0.15) is 0 Å². The van der Waals surface area contributed by atoms with Crippen molar-refractivity contribution >= 4 is 34.0 Å². The van der Waals surface area contributed by atoms with E-state index in [0.717, 1.165) is 15.9 Å². The molecule has 0 bridgehead atoms. The van der Waals surface area contributed by atoms with Crippen molar-refractivity contribution in [1.82, 2.24) is 24.3 Å².